The minimum atomic E-state index is 0.0126. The summed E-state index contributed by atoms with van der Waals surface area (Å²) in [6.07, 6.45) is 5.26. The molecular formula is C12H14BrNO2. The molecule has 0 amide bonds. The van der Waals surface area contributed by atoms with Crippen LogP contribution < -0.4 is 10.1 Å². The first kappa shape index (κ1) is 12.9. The van der Waals surface area contributed by atoms with Crippen molar-refractivity contribution in [3.05, 3.63) is 22.2 Å². The summed E-state index contributed by atoms with van der Waals surface area (Å²) in [6, 6.07) is 3.61. The average Bonchev–Trinajstić information content (AvgIpc) is 2.29. The standard InChI is InChI=1S/C12H14BrNO2/c1-4-8(2)14-7-9-5-10(13)12(15)11(6-9)16-3/h1,5-6,8,14-15H,7H2,2-3H3. The van der Waals surface area contributed by atoms with Crippen LogP contribution in [0.1, 0.15) is 12.5 Å². The van der Waals surface area contributed by atoms with Gasteiger partial charge in [0, 0.05) is 6.54 Å². The van der Waals surface area contributed by atoms with Crippen molar-refractivity contribution in [1.82, 2.24) is 5.32 Å². The predicted molar refractivity (Wildman–Crippen MR) is 67.5 cm³/mol. The van der Waals surface area contributed by atoms with Gasteiger partial charge in [0.25, 0.3) is 0 Å². The summed E-state index contributed by atoms with van der Waals surface area (Å²) in [5.41, 5.74) is 0.989. The van der Waals surface area contributed by atoms with Gasteiger partial charge in [0.15, 0.2) is 11.5 Å². The molecule has 1 atom stereocenters. The molecule has 0 aliphatic heterocycles. The van der Waals surface area contributed by atoms with Gasteiger partial charge in [-0.15, -0.1) is 6.42 Å². The van der Waals surface area contributed by atoms with Crippen molar-refractivity contribution < 1.29 is 9.84 Å². The molecule has 0 aliphatic rings. The van der Waals surface area contributed by atoms with Crippen molar-refractivity contribution in [1.29, 1.82) is 0 Å². The predicted octanol–water partition coefficient (Wildman–Crippen LogP) is 2.27. The van der Waals surface area contributed by atoms with Gasteiger partial charge in [-0.3, -0.25) is 5.32 Å². The summed E-state index contributed by atoms with van der Waals surface area (Å²) >= 11 is 3.26. The Kier molecular flexibility index (Phi) is 4.66. The number of ether oxygens (including phenoxy) is 1. The molecule has 0 bridgehead atoms. The number of rotatable bonds is 4. The van der Waals surface area contributed by atoms with Gasteiger partial charge in [0.05, 0.1) is 17.6 Å². The van der Waals surface area contributed by atoms with Crippen molar-refractivity contribution in [2.45, 2.75) is 19.5 Å². The highest BCUT2D eigenvalue weighted by Gasteiger charge is 2.08. The van der Waals surface area contributed by atoms with Crippen molar-refractivity contribution in [2.75, 3.05) is 7.11 Å². The molecule has 4 heteroatoms. The number of benzene rings is 1. The lowest BCUT2D eigenvalue weighted by Gasteiger charge is -2.11. The molecule has 1 aromatic carbocycles. The largest absolute Gasteiger partial charge is 0.503 e. The average molecular weight is 284 g/mol. The lowest BCUT2D eigenvalue weighted by molar-refractivity contribution is 0.371. The molecule has 0 fully saturated rings. The Bertz CT molecular complexity index is 412. The van der Waals surface area contributed by atoms with Crippen LogP contribution in [0.25, 0.3) is 0 Å². The van der Waals surface area contributed by atoms with Gasteiger partial charge in [-0.25, -0.2) is 0 Å². The number of methoxy groups -OCH3 is 1. The number of hydrogen-bond acceptors (Lipinski definition) is 3. The zero-order chi connectivity index (χ0) is 12.1. The number of aromatic hydroxyl groups is 1. The van der Waals surface area contributed by atoms with Crippen molar-refractivity contribution in [3.8, 4) is 23.8 Å². The highest BCUT2D eigenvalue weighted by Crippen LogP contribution is 2.35. The van der Waals surface area contributed by atoms with E-state index in [9.17, 15) is 5.11 Å². The van der Waals surface area contributed by atoms with Gasteiger partial charge in [0.1, 0.15) is 0 Å². The van der Waals surface area contributed by atoms with Gasteiger partial charge >= 0.3 is 0 Å². The molecule has 0 aliphatic carbocycles. The molecule has 2 N–H and O–H groups in total. The van der Waals surface area contributed by atoms with Crippen LogP contribution >= 0.6 is 15.9 Å². The van der Waals surface area contributed by atoms with Crippen LogP contribution in [-0.4, -0.2) is 18.3 Å². The van der Waals surface area contributed by atoms with E-state index in [1.807, 2.05) is 13.0 Å². The highest BCUT2D eigenvalue weighted by atomic mass is 79.9. The first-order chi connectivity index (χ1) is 7.58. The number of hydrogen-bond donors (Lipinski definition) is 2. The van der Waals surface area contributed by atoms with Crippen LogP contribution in [0.5, 0.6) is 11.5 Å². The summed E-state index contributed by atoms with van der Waals surface area (Å²) in [5, 5.41) is 12.8. The molecule has 1 rings (SSSR count). The van der Waals surface area contributed by atoms with Crippen LogP contribution in [0.4, 0.5) is 0 Å². The van der Waals surface area contributed by atoms with E-state index in [4.69, 9.17) is 11.2 Å². The number of terminal acetylenes is 1. The van der Waals surface area contributed by atoms with E-state index in [0.717, 1.165) is 5.56 Å². The quantitative estimate of drug-likeness (QED) is 0.833. The normalized spacial score (nSPS) is 11.9. The molecule has 3 nitrogen and oxygen atoms in total. The lowest BCUT2D eigenvalue weighted by atomic mass is 10.2. The SMILES string of the molecule is C#CC(C)NCc1cc(Br)c(O)c(OC)c1. The van der Waals surface area contributed by atoms with E-state index in [1.54, 1.807) is 6.07 Å². The fourth-order valence-electron chi connectivity index (χ4n) is 1.21. The third-order valence-corrected chi connectivity index (χ3v) is 2.77. The van der Waals surface area contributed by atoms with Crippen LogP contribution in [-0.2, 0) is 6.54 Å². The van der Waals surface area contributed by atoms with Crippen LogP contribution in [0.15, 0.2) is 16.6 Å². The molecule has 1 aromatic rings. The molecule has 0 saturated carbocycles. The van der Waals surface area contributed by atoms with E-state index in [0.29, 0.717) is 16.8 Å². The second-order valence-electron chi connectivity index (χ2n) is 3.40. The minimum absolute atomic E-state index is 0.0126. The number of phenolic OH excluding ortho intramolecular Hbond substituents is 1. The number of halogens is 1. The Morgan fingerprint density at radius 3 is 2.88 bits per heavy atom. The van der Waals surface area contributed by atoms with E-state index >= 15 is 0 Å². The highest BCUT2D eigenvalue weighted by molar-refractivity contribution is 9.10. The van der Waals surface area contributed by atoms with Crippen molar-refractivity contribution >= 4 is 15.9 Å². The topological polar surface area (TPSA) is 41.5 Å². The summed E-state index contributed by atoms with van der Waals surface area (Å²) in [5.74, 6) is 3.14. The number of nitrogens with one attached hydrogen (secondary N) is 1. The zero-order valence-corrected chi connectivity index (χ0v) is 10.8. The van der Waals surface area contributed by atoms with Gasteiger partial charge < -0.3 is 9.84 Å². The Hall–Kier alpha value is -1.18. The van der Waals surface area contributed by atoms with Gasteiger partial charge in [-0.2, -0.15) is 0 Å². The molecule has 0 radical (unpaired) electrons. The van der Waals surface area contributed by atoms with Gasteiger partial charge in [-0.05, 0) is 40.5 Å². The van der Waals surface area contributed by atoms with E-state index in [-0.39, 0.29) is 11.8 Å². The fraction of sp³-hybridized carbons (Fsp3) is 0.333. The van der Waals surface area contributed by atoms with E-state index < -0.39 is 0 Å². The van der Waals surface area contributed by atoms with Crippen LogP contribution in [0, 0.1) is 12.3 Å². The molecule has 0 saturated heterocycles. The van der Waals surface area contributed by atoms with E-state index in [1.165, 1.54) is 7.11 Å². The lowest BCUT2D eigenvalue weighted by Crippen LogP contribution is -2.23. The van der Waals surface area contributed by atoms with Crippen LogP contribution in [0.3, 0.4) is 0 Å². The minimum Gasteiger partial charge on any atom is -0.503 e. The second kappa shape index (κ2) is 5.78. The molecule has 0 spiro atoms. The number of phenols is 1. The van der Waals surface area contributed by atoms with Crippen molar-refractivity contribution in [3.63, 3.8) is 0 Å². The molecular weight excluding hydrogens is 270 g/mol. The van der Waals surface area contributed by atoms with Gasteiger partial charge in [0.2, 0.25) is 0 Å². The first-order valence-electron chi connectivity index (χ1n) is 4.83. The van der Waals surface area contributed by atoms with Crippen LogP contribution in [0.2, 0.25) is 0 Å². The summed E-state index contributed by atoms with van der Waals surface area (Å²) < 4.78 is 5.66. The second-order valence-corrected chi connectivity index (χ2v) is 4.25. The van der Waals surface area contributed by atoms with E-state index in [2.05, 4.69) is 27.2 Å². The fourth-order valence-corrected chi connectivity index (χ4v) is 1.70. The maximum atomic E-state index is 9.62. The zero-order valence-electron chi connectivity index (χ0n) is 9.25. The monoisotopic (exact) mass is 283 g/mol. The summed E-state index contributed by atoms with van der Waals surface area (Å²) in [6.45, 7) is 2.54. The maximum Gasteiger partial charge on any atom is 0.172 e. The summed E-state index contributed by atoms with van der Waals surface area (Å²) in [7, 11) is 1.52. The first-order valence-corrected chi connectivity index (χ1v) is 5.62. The molecule has 0 heterocycles. The Morgan fingerprint density at radius 2 is 2.31 bits per heavy atom. The molecule has 0 aromatic heterocycles. The Labute approximate surface area is 104 Å². The molecule has 86 valence electrons. The molecule has 1 unspecified atom stereocenters. The van der Waals surface area contributed by atoms with Crippen molar-refractivity contribution in [2.24, 2.45) is 0 Å². The maximum absolute atomic E-state index is 9.62. The van der Waals surface area contributed by atoms with Gasteiger partial charge in [-0.1, -0.05) is 5.92 Å². The third-order valence-electron chi connectivity index (χ3n) is 2.17. The molecule has 16 heavy (non-hydrogen) atoms. The third kappa shape index (κ3) is 3.16. The Morgan fingerprint density at radius 1 is 1.62 bits per heavy atom. The summed E-state index contributed by atoms with van der Waals surface area (Å²) in [4.78, 5) is 0. The smallest absolute Gasteiger partial charge is 0.172 e. The Balaban J connectivity index is 2.82.